The molecule has 1 N–H and O–H groups in total. The van der Waals surface area contributed by atoms with Crippen molar-refractivity contribution >= 4 is 39.3 Å². The van der Waals surface area contributed by atoms with Crippen LogP contribution in [0.5, 0.6) is 0 Å². The molecule has 0 bridgehead atoms. The molecule has 0 amide bonds. The number of aryl methyl sites for hydroxylation is 1. The van der Waals surface area contributed by atoms with Crippen LogP contribution in [-0.2, 0) is 7.05 Å². The molecular weight excluding hydrogens is 434 g/mol. The SMILES string of the molecule is Cn1c(/C(C#N)=C(\O)CSc2nc3ccccc3c(=O)n2C2CCCC2)nc2ccccc21. The highest BCUT2D eigenvalue weighted by Gasteiger charge is 2.24. The number of rotatable bonds is 5. The van der Waals surface area contributed by atoms with Gasteiger partial charge in [-0.2, -0.15) is 5.26 Å². The van der Waals surface area contributed by atoms with Crippen molar-refractivity contribution in [2.45, 2.75) is 36.9 Å². The third kappa shape index (κ3) is 3.79. The lowest BCUT2D eigenvalue weighted by Crippen LogP contribution is -2.26. The number of thioether (sulfide) groups is 1. The molecule has 1 aliphatic rings. The van der Waals surface area contributed by atoms with E-state index in [4.69, 9.17) is 4.98 Å². The number of nitrogens with zero attached hydrogens (tertiary/aromatic N) is 5. The van der Waals surface area contributed by atoms with E-state index in [0.717, 1.165) is 36.7 Å². The summed E-state index contributed by atoms with van der Waals surface area (Å²) in [6, 6.07) is 17.2. The zero-order chi connectivity index (χ0) is 22.9. The summed E-state index contributed by atoms with van der Waals surface area (Å²) in [6.45, 7) is 0. The van der Waals surface area contributed by atoms with Crippen LogP contribution in [0.3, 0.4) is 0 Å². The number of hydrogen-bond donors (Lipinski definition) is 1. The summed E-state index contributed by atoms with van der Waals surface area (Å²) in [7, 11) is 1.82. The molecule has 0 spiro atoms. The molecular formula is C25H23N5O2S. The van der Waals surface area contributed by atoms with Crippen LogP contribution >= 0.6 is 11.8 Å². The Morgan fingerprint density at radius 3 is 2.55 bits per heavy atom. The highest BCUT2D eigenvalue weighted by Crippen LogP contribution is 2.33. The first kappa shape index (κ1) is 21.3. The van der Waals surface area contributed by atoms with Crippen LogP contribution in [0.15, 0.2) is 64.2 Å². The molecule has 0 atom stereocenters. The van der Waals surface area contributed by atoms with Gasteiger partial charge in [-0.3, -0.25) is 9.36 Å². The Morgan fingerprint density at radius 1 is 1.12 bits per heavy atom. The van der Waals surface area contributed by atoms with E-state index < -0.39 is 0 Å². The Morgan fingerprint density at radius 2 is 1.82 bits per heavy atom. The summed E-state index contributed by atoms with van der Waals surface area (Å²) >= 11 is 1.28. The molecule has 2 aromatic heterocycles. The Balaban J connectivity index is 1.54. The second-order valence-corrected chi connectivity index (χ2v) is 9.17. The van der Waals surface area contributed by atoms with Crippen molar-refractivity contribution in [1.29, 1.82) is 5.26 Å². The molecule has 2 heterocycles. The normalized spacial score (nSPS) is 15.2. The second kappa shape index (κ2) is 8.75. The molecule has 4 aromatic rings. The predicted octanol–water partition coefficient (Wildman–Crippen LogP) is 4.98. The molecule has 0 unspecified atom stereocenters. The topological polar surface area (TPSA) is 96.7 Å². The van der Waals surface area contributed by atoms with Crippen molar-refractivity contribution in [3.05, 3.63) is 70.5 Å². The molecule has 0 radical (unpaired) electrons. The fourth-order valence-corrected chi connectivity index (χ4v) is 5.47. The summed E-state index contributed by atoms with van der Waals surface area (Å²) < 4.78 is 3.59. The molecule has 5 rings (SSSR count). The Hall–Kier alpha value is -3.57. The summed E-state index contributed by atoms with van der Waals surface area (Å²) in [4.78, 5) is 22.6. The van der Waals surface area contributed by atoms with Gasteiger partial charge in [0.25, 0.3) is 5.56 Å². The van der Waals surface area contributed by atoms with E-state index in [-0.39, 0.29) is 28.7 Å². The molecule has 1 fully saturated rings. The van der Waals surface area contributed by atoms with E-state index >= 15 is 0 Å². The number of aromatic nitrogens is 4. The molecule has 1 aliphatic carbocycles. The van der Waals surface area contributed by atoms with E-state index in [1.165, 1.54) is 11.8 Å². The van der Waals surface area contributed by atoms with Gasteiger partial charge in [0, 0.05) is 13.1 Å². The monoisotopic (exact) mass is 457 g/mol. The number of benzene rings is 2. The average Bonchev–Trinajstić information content (AvgIpc) is 3.47. The lowest BCUT2D eigenvalue weighted by Gasteiger charge is -2.18. The standard InChI is InChI=1S/C25H23N5O2S/c1-29-21-13-7-6-12-20(21)27-23(29)18(14-26)22(31)15-33-25-28-19-11-5-4-10-17(19)24(32)30(25)16-8-2-3-9-16/h4-7,10-13,16,31H,2-3,8-9,15H2,1H3/b22-18-. The van der Waals surface area contributed by atoms with Crippen molar-refractivity contribution in [3.8, 4) is 6.07 Å². The number of nitriles is 1. The first-order valence-corrected chi connectivity index (χ1v) is 11.9. The van der Waals surface area contributed by atoms with Gasteiger partial charge in [0.15, 0.2) is 11.0 Å². The minimum atomic E-state index is -0.0821. The van der Waals surface area contributed by atoms with Crippen molar-refractivity contribution in [3.63, 3.8) is 0 Å². The van der Waals surface area contributed by atoms with Gasteiger partial charge in [0.1, 0.15) is 17.4 Å². The zero-order valence-corrected chi connectivity index (χ0v) is 19.0. The fraction of sp³-hybridized carbons (Fsp3) is 0.280. The molecule has 8 heteroatoms. The third-order valence-corrected chi connectivity index (χ3v) is 7.18. The number of imidazole rings is 1. The van der Waals surface area contributed by atoms with Crippen molar-refractivity contribution in [2.75, 3.05) is 5.75 Å². The Bertz CT molecular complexity index is 1490. The van der Waals surface area contributed by atoms with Crippen molar-refractivity contribution in [1.82, 2.24) is 19.1 Å². The molecule has 7 nitrogen and oxygen atoms in total. The minimum absolute atomic E-state index is 0.0469. The van der Waals surface area contributed by atoms with Gasteiger partial charge in [-0.05, 0) is 37.1 Å². The third-order valence-electron chi connectivity index (χ3n) is 6.21. The van der Waals surface area contributed by atoms with Crippen LogP contribution < -0.4 is 5.56 Å². The van der Waals surface area contributed by atoms with Crippen molar-refractivity contribution < 1.29 is 5.11 Å². The number of aliphatic hydroxyl groups excluding tert-OH is 1. The first-order chi connectivity index (χ1) is 16.1. The highest BCUT2D eigenvalue weighted by atomic mass is 32.2. The van der Waals surface area contributed by atoms with Crippen molar-refractivity contribution in [2.24, 2.45) is 7.05 Å². The minimum Gasteiger partial charge on any atom is -0.510 e. The maximum Gasteiger partial charge on any atom is 0.262 e. The van der Waals surface area contributed by atoms with E-state index in [9.17, 15) is 15.2 Å². The lowest BCUT2D eigenvalue weighted by molar-refractivity contribution is 0.419. The maximum atomic E-state index is 13.3. The molecule has 166 valence electrons. The lowest BCUT2D eigenvalue weighted by atomic mass is 10.2. The molecule has 0 saturated heterocycles. The highest BCUT2D eigenvalue weighted by molar-refractivity contribution is 7.99. The van der Waals surface area contributed by atoms with Gasteiger partial charge in [0.05, 0.1) is 27.7 Å². The van der Waals surface area contributed by atoms with Gasteiger partial charge >= 0.3 is 0 Å². The van der Waals surface area contributed by atoms with Gasteiger partial charge in [0.2, 0.25) is 0 Å². The molecule has 33 heavy (non-hydrogen) atoms. The van der Waals surface area contributed by atoms with Crippen LogP contribution in [0.4, 0.5) is 0 Å². The smallest absolute Gasteiger partial charge is 0.262 e. The first-order valence-electron chi connectivity index (χ1n) is 11.0. The van der Waals surface area contributed by atoms with Crippen LogP contribution in [0.25, 0.3) is 27.5 Å². The maximum absolute atomic E-state index is 13.3. The Kier molecular flexibility index (Phi) is 5.65. The summed E-state index contributed by atoms with van der Waals surface area (Å²) in [5, 5.41) is 21.9. The van der Waals surface area contributed by atoms with Gasteiger partial charge in [-0.25, -0.2) is 9.97 Å². The van der Waals surface area contributed by atoms with E-state index in [2.05, 4.69) is 11.1 Å². The number of para-hydroxylation sites is 3. The van der Waals surface area contributed by atoms with Gasteiger partial charge in [-0.15, -0.1) is 0 Å². The van der Waals surface area contributed by atoms with Gasteiger partial charge in [-0.1, -0.05) is 48.9 Å². The Labute approximate surface area is 195 Å². The number of hydrogen-bond acceptors (Lipinski definition) is 6. The van der Waals surface area contributed by atoms with Crippen LogP contribution in [0.2, 0.25) is 0 Å². The quantitative estimate of drug-likeness (QED) is 0.196. The summed E-state index contributed by atoms with van der Waals surface area (Å²) in [5.41, 5.74) is 2.35. The number of fused-ring (bicyclic) bond motifs is 2. The summed E-state index contributed by atoms with van der Waals surface area (Å²) in [5.74, 6) is 0.446. The zero-order valence-electron chi connectivity index (χ0n) is 18.2. The second-order valence-electron chi connectivity index (χ2n) is 8.23. The number of aliphatic hydroxyl groups is 1. The van der Waals surface area contributed by atoms with E-state index in [1.54, 1.807) is 9.13 Å². The van der Waals surface area contributed by atoms with Crippen LogP contribution in [-0.4, -0.2) is 30.0 Å². The molecule has 1 saturated carbocycles. The van der Waals surface area contributed by atoms with Crippen LogP contribution in [0.1, 0.15) is 37.5 Å². The largest absolute Gasteiger partial charge is 0.510 e. The summed E-state index contributed by atoms with van der Waals surface area (Å²) in [6.07, 6.45) is 4.06. The molecule has 0 aliphatic heterocycles. The van der Waals surface area contributed by atoms with Crippen LogP contribution in [0, 0.1) is 11.3 Å². The average molecular weight is 458 g/mol. The number of allylic oxidation sites excluding steroid dienone is 1. The van der Waals surface area contributed by atoms with Gasteiger partial charge < -0.3 is 9.67 Å². The van der Waals surface area contributed by atoms with E-state index in [0.29, 0.717) is 21.9 Å². The fourth-order valence-electron chi connectivity index (χ4n) is 4.53. The molecule has 2 aromatic carbocycles. The van der Waals surface area contributed by atoms with E-state index in [1.807, 2.05) is 55.6 Å². The predicted molar refractivity (Wildman–Crippen MR) is 130 cm³/mol.